The molecule has 1 aromatic rings. The summed E-state index contributed by atoms with van der Waals surface area (Å²) < 4.78 is 32.9. The molecule has 1 saturated carbocycles. The van der Waals surface area contributed by atoms with Gasteiger partial charge in [0.1, 0.15) is 10.6 Å². The summed E-state index contributed by atoms with van der Waals surface area (Å²) in [7, 11) is -1.83. The number of aromatic nitrogens is 1. The average molecular weight is 341 g/mol. The van der Waals surface area contributed by atoms with Gasteiger partial charge in [-0.3, -0.25) is 4.79 Å². The van der Waals surface area contributed by atoms with Gasteiger partial charge in [0.15, 0.2) is 5.76 Å². The Bertz CT molecular complexity index is 708. The third kappa shape index (κ3) is 2.67. The molecule has 23 heavy (non-hydrogen) atoms. The maximum atomic E-state index is 12.6. The van der Waals surface area contributed by atoms with E-state index in [-0.39, 0.29) is 22.3 Å². The Morgan fingerprint density at radius 2 is 2.13 bits per heavy atom. The second-order valence-electron chi connectivity index (χ2n) is 6.75. The summed E-state index contributed by atoms with van der Waals surface area (Å²) in [5, 5.41) is 3.72. The first-order valence-corrected chi connectivity index (χ1v) is 9.43. The van der Waals surface area contributed by atoms with E-state index in [1.165, 1.54) is 0 Å². The van der Waals surface area contributed by atoms with E-state index < -0.39 is 10.0 Å². The number of amides is 1. The van der Waals surface area contributed by atoms with Crippen LogP contribution in [0.2, 0.25) is 0 Å². The van der Waals surface area contributed by atoms with Crippen LogP contribution in [0.1, 0.15) is 43.6 Å². The van der Waals surface area contributed by atoms with E-state index in [2.05, 4.69) is 9.88 Å². The van der Waals surface area contributed by atoms with Crippen molar-refractivity contribution in [1.82, 2.24) is 14.8 Å². The Morgan fingerprint density at radius 1 is 1.39 bits per heavy atom. The van der Waals surface area contributed by atoms with Crippen molar-refractivity contribution in [2.24, 2.45) is 5.41 Å². The van der Waals surface area contributed by atoms with Crippen molar-refractivity contribution in [2.45, 2.75) is 56.9 Å². The molecule has 2 heterocycles. The van der Waals surface area contributed by atoms with E-state index in [0.717, 1.165) is 25.7 Å². The zero-order valence-corrected chi connectivity index (χ0v) is 14.6. The molecule has 2 fully saturated rings. The number of aryl methyl sites for hydroxylation is 2. The molecule has 2 aliphatic rings. The molecule has 0 bridgehead atoms. The second kappa shape index (κ2) is 5.59. The van der Waals surface area contributed by atoms with Crippen molar-refractivity contribution in [3.8, 4) is 0 Å². The molecule has 0 radical (unpaired) electrons. The van der Waals surface area contributed by atoms with Gasteiger partial charge in [0.2, 0.25) is 15.9 Å². The fraction of sp³-hybridized carbons (Fsp3) is 0.733. The van der Waals surface area contributed by atoms with Crippen molar-refractivity contribution in [2.75, 3.05) is 13.6 Å². The Morgan fingerprint density at radius 3 is 2.78 bits per heavy atom. The van der Waals surface area contributed by atoms with E-state index in [0.29, 0.717) is 24.4 Å². The lowest BCUT2D eigenvalue weighted by atomic mass is 9.75. The number of carbonyl (C=O) groups excluding carboxylic acids is 1. The molecule has 1 aromatic heterocycles. The summed E-state index contributed by atoms with van der Waals surface area (Å²) in [6.45, 7) is 3.56. The van der Waals surface area contributed by atoms with Crippen LogP contribution in [0.4, 0.5) is 0 Å². The van der Waals surface area contributed by atoms with Gasteiger partial charge in [0.05, 0.1) is 0 Å². The van der Waals surface area contributed by atoms with Gasteiger partial charge < -0.3 is 9.42 Å². The Labute approximate surface area is 136 Å². The minimum atomic E-state index is -3.66. The largest absolute Gasteiger partial charge is 0.360 e. The molecule has 1 amide bonds. The van der Waals surface area contributed by atoms with E-state index >= 15 is 0 Å². The predicted molar refractivity (Wildman–Crippen MR) is 83.2 cm³/mol. The van der Waals surface area contributed by atoms with Gasteiger partial charge in [-0.05, 0) is 33.1 Å². The standard InChI is InChI=1S/C15H23N3O4S/c1-10-14(11(2)22-17-10)23(20,21)16-9-15-7-4-5-12(15)18(3)13(19)6-8-15/h12,16H,4-9H2,1-3H3/t12-,15+/m1/s1. The van der Waals surface area contributed by atoms with Crippen LogP contribution in [0.25, 0.3) is 0 Å². The fourth-order valence-electron chi connectivity index (χ4n) is 4.19. The molecule has 1 saturated heterocycles. The van der Waals surface area contributed by atoms with Crippen LogP contribution in [-0.2, 0) is 14.8 Å². The Kier molecular flexibility index (Phi) is 4.00. The van der Waals surface area contributed by atoms with Crippen LogP contribution in [0.3, 0.4) is 0 Å². The van der Waals surface area contributed by atoms with Crippen LogP contribution in [0.15, 0.2) is 9.42 Å². The quantitative estimate of drug-likeness (QED) is 0.893. The maximum absolute atomic E-state index is 12.6. The molecule has 0 spiro atoms. The lowest BCUT2D eigenvalue weighted by Crippen LogP contribution is -2.54. The lowest BCUT2D eigenvalue weighted by Gasteiger charge is -2.44. The third-order valence-electron chi connectivity index (χ3n) is 5.41. The molecule has 8 heteroatoms. The van der Waals surface area contributed by atoms with Gasteiger partial charge in [-0.1, -0.05) is 11.6 Å². The van der Waals surface area contributed by atoms with E-state index in [1.807, 2.05) is 7.05 Å². The lowest BCUT2D eigenvalue weighted by molar-refractivity contribution is -0.139. The second-order valence-corrected chi connectivity index (χ2v) is 8.46. The van der Waals surface area contributed by atoms with Gasteiger partial charge in [-0.15, -0.1) is 0 Å². The monoisotopic (exact) mass is 341 g/mol. The molecule has 0 unspecified atom stereocenters. The summed E-state index contributed by atoms with van der Waals surface area (Å²) >= 11 is 0. The van der Waals surface area contributed by atoms with Crippen LogP contribution < -0.4 is 4.72 Å². The number of fused-ring (bicyclic) bond motifs is 1. The molecule has 1 aliphatic heterocycles. The molecule has 7 nitrogen and oxygen atoms in total. The molecule has 128 valence electrons. The number of hydrogen-bond acceptors (Lipinski definition) is 5. The minimum Gasteiger partial charge on any atom is -0.360 e. The van der Waals surface area contributed by atoms with E-state index in [4.69, 9.17) is 4.52 Å². The summed E-state index contributed by atoms with van der Waals surface area (Å²) in [5.74, 6) is 0.451. The normalized spacial score (nSPS) is 28.2. The number of sulfonamides is 1. The molecule has 2 atom stereocenters. The van der Waals surface area contributed by atoms with Gasteiger partial charge in [-0.2, -0.15) is 0 Å². The van der Waals surface area contributed by atoms with Crippen LogP contribution in [0, 0.1) is 19.3 Å². The first kappa shape index (κ1) is 16.4. The van der Waals surface area contributed by atoms with Gasteiger partial charge in [-0.25, -0.2) is 13.1 Å². The summed E-state index contributed by atoms with van der Waals surface area (Å²) in [6, 6.07) is 0.121. The highest BCUT2D eigenvalue weighted by Gasteiger charge is 2.49. The van der Waals surface area contributed by atoms with Gasteiger partial charge in [0, 0.05) is 31.5 Å². The van der Waals surface area contributed by atoms with Gasteiger partial charge >= 0.3 is 0 Å². The summed E-state index contributed by atoms with van der Waals surface area (Å²) in [6.07, 6.45) is 4.13. The summed E-state index contributed by atoms with van der Waals surface area (Å²) in [5.41, 5.74) is 0.209. The smallest absolute Gasteiger partial charge is 0.245 e. The van der Waals surface area contributed by atoms with Crippen LogP contribution in [-0.4, -0.2) is 44.0 Å². The average Bonchev–Trinajstić information content (AvgIpc) is 3.06. The molecular weight excluding hydrogens is 318 g/mol. The topological polar surface area (TPSA) is 92.5 Å². The highest BCUT2D eigenvalue weighted by atomic mass is 32.2. The Hall–Kier alpha value is -1.41. The zero-order chi connectivity index (χ0) is 16.8. The van der Waals surface area contributed by atoms with Gasteiger partial charge in [0.25, 0.3) is 0 Å². The first-order valence-electron chi connectivity index (χ1n) is 7.95. The molecular formula is C15H23N3O4S. The first-order chi connectivity index (χ1) is 10.8. The molecule has 0 aromatic carbocycles. The summed E-state index contributed by atoms with van der Waals surface area (Å²) in [4.78, 5) is 13.9. The van der Waals surface area contributed by atoms with Crippen molar-refractivity contribution < 1.29 is 17.7 Å². The number of nitrogens with one attached hydrogen (secondary N) is 1. The number of hydrogen-bond donors (Lipinski definition) is 1. The van der Waals surface area contributed by atoms with Crippen molar-refractivity contribution in [1.29, 1.82) is 0 Å². The third-order valence-corrected chi connectivity index (χ3v) is 7.05. The number of rotatable bonds is 4. The SMILES string of the molecule is Cc1noc(C)c1S(=O)(=O)NC[C@@]12CCC[C@H]1N(C)C(=O)CC2. The van der Waals surface area contributed by atoms with Crippen LogP contribution >= 0.6 is 0 Å². The minimum absolute atomic E-state index is 0.121. The van der Waals surface area contributed by atoms with E-state index in [1.54, 1.807) is 18.7 Å². The molecule has 1 aliphatic carbocycles. The number of nitrogens with zero attached hydrogens (tertiary/aromatic N) is 2. The molecule has 3 rings (SSSR count). The fourth-order valence-corrected chi connectivity index (χ4v) is 5.65. The van der Waals surface area contributed by atoms with Crippen molar-refractivity contribution >= 4 is 15.9 Å². The number of likely N-dealkylation sites (tertiary alicyclic amines) is 1. The van der Waals surface area contributed by atoms with Crippen molar-refractivity contribution in [3.05, 3.63) is 11.5 Å². The molecule has 1 N–H and O–H groups in total. The number of carbonyl (C=O) groups is 1. The zero-order valence-electron chi connectivity index (χ0n) is 13.8. The van der Waals surface area contributed by atoms with E-state index in [9.17, 15) is 13.2 Å². The van der Waals surface area contributed by atoms with Crippen molar-refractivity contribution in [3.63, 3.8) is 0 Å². The van der Waals surface area contributed by atoms with Crippen LogP contribution in [0.5, 0.6) is 0 Å². The maximum Gasteiger partial charge on any atom is 0.245 e. The highest BCUT2D eigenvalue weighted by Crippen LogP contribution is 2.47. The predicted octanol–water partition coefficient (Wildman–Crippen LogP) is 1.36. The Balaban J connectivity index is 1.81. The number of piperidine rings is 1. The highest BCUT2D eigenvalue weighted by molar-refractivity contribution is 7.89.